The fraction of sp³-hybridized carbons (Fsp3) is 0.714. The first-order chi connectivity index (χ1) is 13.3. The Morgan fingerprint density at radius 3 is 2.70 bits per heavy atom. The molecule has 0 amide bonds. The Balaban J connectivity index is 1.66. The van der Waals surface area contributed by atoms with E-state index < -0.39 is 0 Å². The average molecular weight is 374 g/mol. The largest absolute Gasteiger partial charge is 0.378 e. The molecule has 3 rings (SSSR count). The first kappa shape index (κ1) is 19.9. The Kier molecular flexibility index (Phi) is 7.33. The fourth-order valence-corrected chi connectivity index (χ4v) is 4.17. The SMILES string of the molecule is CCNC(=NCc1cccnc1N1CCOCC1)NCC1(CC)CCCC1. The monoisotopic (exact) mass is 373 g/mol. The van der Waals surface area contributed by atoms with Crippen LogP contribution in [0.3, 0.4) is 0 Å². The van der Waals surface area contributed by atoms with Crippen molar-refractivity contribution < 1.29 is 4.74 Å². The summed E-state index contributed by atoms with van der Waals surface area (Å²) >= 11 is 0. The number of pyridine rings is 1. The predicted octanol–water partition coefficient (Wildman–Crippen LogP) is 2.94. The van der Waals surface area contributed by atoms with Crippen LogP contribution < -0.4 is 15.5 Å². The van der Waals surface area contributed by atoms with Gasteiger partial charge in [-0.3, -0.25) is 0 Å². The number of hydrogen-bond donors (Lipinski definition) is 2. The van der Waals surface area contributed by atoms with Crippen molar-refractivity contribution in [3.05, 3.63) is 23.9 Å². The highest BCUT2D eigenvalue weighted by Gasteiger charge is 2.31. The van der Waals surface area contributed by atoms with Crippen LogP contribution in [0.2, 0.25) is 0 Å². The summed E-state index contributed by atoms with van der Waals surface area (Å²) in [6.07, 6.45) is 8.50. The van der Waals surface area contributed by atoms with E-state index in [1.54, 1.807) is 0 Å². The van der Waals surface area contributed by atoms with Gasteiger partial charge in [-0.15, -0.1) is 0 Å². The van der Waals surface area contributed by atoms with Crippen molar-refractivity contribution in [1.82, 2.24) is 15.6 Å². The summed E-state index contributed by atoms with van der Waals surface area (Å²) in [4.78, 5) is 11.8. The highest BCUT2D eigenvalue weighted by Crippen LogP contribution is 2.40. The Labute approximate surface area is 163 Å². The van der Waals surface area contributed by atoms with Crippen LogP contribution in [0.25, 0.3) is 0 Å². The Morgan fingerprint density at radius 2 is 2.00 bits per heavy atom. The molecule has 0 radical (unpaired) electrons. The minimum atomic E-state index is 0.448. The van der Waals surface area contributed by atoms with Gasteiger partial charge in [-0.2, -0.15) is 0 Å². The lowest BCUT2D eigenvalue weighted by molar-refractivity contribution is 0.122. The zero-order valence-corrected chi connectivity index (χ0v) is 17.0. The highest BCUT2D eigenvalue weighted by atomic mass is 16.5. The zero-order valence-electron chi connectivity index (χ0n) is 17.0. The Bertz CT molecular complexity index is 606. The molecule has 6 nitrogen and oxygen atoms in total. The fourth-order valence-electron chi connectivity index (χ4n) is 4.17. The van der Waals surface area contributed by atoms with Gasteiger partial charge in [-0.25, -0.2) is 9.98 Å². The van der Waals surface area contributed by atoms with E-state index in [0.29, 0.717) is 12.0 Å². The van der Waals surface area contributed by atoms with Gasteiger partial charge in [-0.1, -0.05) is 25.8 Å². The molecule has 0 aromatic carbocycles. The first-order valence-corrected chi connectivity index (χ1v) is 10.5. The zero-order chi connectivity index (χ0) is 19.0. The van der Waals surface area contributed by atoms with Gasteiger partial charge in [0.05, 0.1) is 19.8 Å². The number of ether oxygens (including phenoxy) is 1. The van der Waals surface area contributed by atoms with Crippen molar-refractivity contribution in [3.8, 4) is 0 Å². The van der Waals surface area contributed by atoms with Gasteiger partial charge < -0.3 is 20.3 Å². The van der Waals surface area contributed by atoms with E-state index in [-0.39, 0.29) is 0 Å². The second-order valence-electron chi connectivity index (χ2n) is 7.69. The number of aromatic nitrogens is 1. The summed E-state index contributed by atoms with van der Waals surface area (Å²) in [6, 6.07) is 4.13. The number of nitrogens with zero attached hydrogens (tertiary/aromatic N) is 3. The average Bonchev–Trinajstić information content (AvgIpc) is 3.20. The molecule has 27 heavy (non-hydrogen) atoms. The lowest BCUT2D eigenvalue weighted by Gasteiger charge is -2.29. The van der Waals surface area contributed by atoms with Crippen molar-refractivity contribution in [2.45, 2.75) is 52.5 Å². The van der Waals surface area contributed by atoms with Gasteiger partial charge in [-0.05, 0) is 37.7 Å². The van der Waals surface area contributed by atoms with Crippen molar-refractivity contribution >= 4 is 11.8 Å². The normalized spacial score (nSPS) is 19.9. The second-order valence-corrected chi connectivity index (χ2v) is 7.69. The number of anilines is 1. The van der Waals surface area contributed by atoms with E-state index in [9.17, 15) is 0 Å². The summed E-state index contributed by atoms with van der Waals surface area (Å²) in [7, 11) is 0. The van der Waals surface area contributed by atoms with E-state index in [1.807, 2.05) is 12.3 Å². The highest BCUT2D eigenvalue weighted by molar-refractivity contribution is 5.79. The minimum absolute atomic E-state index is 0.448. The summed E-state index contributed by atoms with van der Waals surface area (Å²) in [6.45, 7) is 10.3. The molecule has 6 heteroatoms. The standard InChI is InChI=1S/C21H35N5O/c1-3-21(9-5-6-10-21)17-25-20(22-4-2)24-16-18-8-7-11-23-19(18)26-12-14-27-15-13-26/h7-8,11H,3-6,9-10,12-17H2,1-2H3,(H2,22,24,25). The molecule has 0 atom stereocenters. The number of hydrogen-bond acceptors (Lipinski definition) is 4. The predicted molar refractivity (Wildman–Crippen MR) is 111 cm³/mol. The maximum atomic E-state index is 5.47. The molecule has 2 N–H and O–H groups in total. The smallest absolute Gasteiger partial charge is 0.191 e. The van der Waals surface area contributed by atoms with E-state index in [1.165, 1.54) is 37.7 Å². The van der Waals surface area contributed by atoms with E-state index in [4.69, 9.17) is 9.73 Å². The van der Waals surface area contributed by atoms with Crippen molar-refractivity contribution in [3.63, 3.8) is 0 Å². The molecular weight excluding hydrogens is 338 g/mol. The topological polar surface area (TPSA) is 61.8 Å². The molecule has 0 unspecified atom stereocenters. The van der Waals surface area contributed by atoms with E-state index in [2.05, 4.69) is 40.4 Å². The maximum absolute atomic E-state index is 5.47. The summed E-state index contributed by atoms with van der Waals surface area (Å²) in [5, 5.41) is 7.01. The molecule has 1 saturated heterocycles. The van der Waals surface area contributed by atoms with E-state index in [0.717, 1.165) is 51.2 Å². The maximum Gasteiger partial charge on any atom is 0.191 e. The van der Waals surface area contributed by atoms with Crippen LogP contribution in [-0.2, 0) is 11.3 Å². The molecular formula is C21H35N5O. The van der Waals surface area contributed by atoms with Crippen LogP contribution >= 0.6 is 0 Å². The Morgan fingerprint density at radius 1 is 1.22 bits per heavy atom. The van der Waals surface area contributed by atoms with Crippen LogP contribution in [0, 0.1) is 5.41 Å². The number of rotatable bonds is 7. The molecule has 2 aliphatic rings. The van der Waals surface area contributed by atoms with Gasteiger partial charge >= 0.3 is 0 Å². The number of nitrogens with one attached hydrogen (secondary N) is 2. The van der Waals surface area contributed by atoms with Crippen molar-refractivity contribution in [2.75, 3.05) is 44.3 Å². The van der Waals surface area contributed by atoms with Crippen LogP contribution in [-0.4, -0.2) is 50.3 Å². The molecule has 1 aliphatic carbocycles. The third-order valence-corrected chi connectivity index (χ3v) is 5.97. The third-order valence-electron chi connectivity index (χ3n) is 5.97. The van der Waals surface area contributed by atoms with Crippen LogP contribution in [0.15, 0.2) is 23.3 Å². The molecule has 1 aliphatic heterocycles. The van der Waals surface area contributed by atoms with Gasteiger partial charge in [0.1, 0.15) is 5.82 Å². The minimum Gasteiger partial charge on any atom is -0.378 e. The third kappa shape index (κ3) is 5.34. The summed E-state index contributed by atoms with van der Waals surface area (Å²) < 4.78 is 5.47. The van der Waals surface area contributed by atoms with Crippen LogP contribution in [0.1, 0.15) is 51.5 Å². The van der Waals surface area contributed by atoms with Gasteiger partial charge in [0, 0.05) is 37.9 Å². The summed E-state index contributed by atoms with van der Waals surface area (Å²) in [5.74, 6) is 1.95. The van der Waals surface area contributed by atoms with Crippen LogP contribution in [0.5, 0.6) is 0 Å². The van der Waals surface area contributed by atoms with Crippen LogP contribution in [0.4, 0.5) is 5.82 Å². The van der Waals surface area contributed by atoms with Crippen molar-refractivity contribution in [2.24, 2.45) is 10.4 Å². The first-order valence-electron chi connectivity index (χ1n) is 10.5. The lowest BCUT2D eigenvalue weighted by Crippen LogP contribution is -2.43. The van der Waals surface area contributed by atoms with E-state index >= 15 is 0 Å². The number of guanidine groups is 1. The quantitative estimate of drug-likeness (QED) is 0.568. The molecule has 2 fully saturated rings. The molecule has 0 spiro atoms. The molecule has 1 aromatic rings. The molecule has 1 aromatic heterocycles. The molecule has 1 saturated carbocycles. The van der Waals surface area contributed by atoms with Gasteiger partial charge in [0.25, 0.3) is 0 Å². The lowest BCUT2D eigenvalue weighted by atomic mass is 9.83. The Hall–Kier alpha value is -1.82. The van der Waals surface area contributed by atoms with Crippen molar-refractivity contribution in [1.29, 1.82) is 0 Å². The molecule has 2 heterocycles. The van der Waals surface area contributed by atoms with Gasteiger partial charge in [0.15, 0.2) is 5.96 Å². The molecule has 0 bridgehead atoms. The second kappa shape index (κ2) is 9.93. The number of morpholine rings is 1. The summed E-state index contributed by atoms with van der Waals surface area (Å²) in [5.41, 5.74) is 1.62. The molecule has 150 valence electrons. The van der Waals surface area contributed by atoms with Gasteiger partial charge in [0.2, 0.25) is 0 Å². The number of aliphatic imine (C=N–C) groups is 1.